The summed E-state index contributed by atoms with van der Waals surface area (Å²) < 4.78 is 6.15. The van der Waals surface area contributed by atoms with E-state index in [2.05, 4.69) is 46.1 Å². The summed E-state index contributed by atoms with van der Waals surface area (Å²) in [5.41, 5.74) is 6.40. The molecule has 0 spiro atoms. The van der Waals surface area contributed by atoms with Gasteiger partial charge in [-0.1, -0.05) is 60.8 Å². The summed E-state index contributed by atoms with van der Waals surface area (Å²) in [7, 11) is 0. The lowest BCUT2D eigenvalue weighted by Gasteiger charge is -2.31. The Kier molecular flexibility index (Phi) is 6.18. The van der Waals surface area contributed by atoms with Gasteiger partial charge >= 0.3 is 0 Å². The maximum Gasteiger partial charge on any atom is 0.255 e. The van der Waals surface area contributed by atoms with Crippen molar-refractivity contribution in [1.82, 2.24) is 20.2 Å². The summed E-state index contributed by atoms with van der Waals surface area (Å²) in [5, 5.41) is 3.69. The topological polar surface area (TPSA) is 87.3 Å². The number of imidazole rings is 1. The van der Waals surface area contributed by atoms with Crippen molar-refractivity contribution >= 4 is 34.6 Å². The number of carbonyl (C=O) groups is 2. The number of nitrogens with zero attached hydrogens (tertiary/aromatic N) is 2. The molecule has 3 aromatic carbocycles. The monoisotopic (exact) mass is 510 g/mol. The van der Waals surface area contributed by atoms with Gasteiger partial charge in [-0.25, -0.2) is 4.98 Å². The summed E-state index contributed by atoms with van der Waals surface area (Å²) in [6, 6.07) is 21.4. The van der Waals surface area contributed by atoms with Gasteiger partial charge in [0.05, 0.1) is 17.6 Å². The van der Waals surface area contributed by atoms with Gasteiger partial charge in [0, 0.05) is 22.6 Å². The average Bonchev–Trinajstić information content (AvgIpc) is 3.48. The second-order valence-electron chi connectivity index (χ2n) is 9.32. The molecule has 2 aliphatic rings. The fourth-order valence-corrected chi connectivity index (χ4v) is 5.66. The molecule has 7 nitrogen and oxygen atoms in total. The number of hydrogen-bond donors (Lipinski definition) is 2. The summed E-state index contributed by atoms with van der Waals surface area (Å²) in [5.74, 6) is 1.20. The highest BCUT2D eigenvalue weighted by molar-refractivity contribution is 7.98. The number of aromatic amines is 1. The molecule has 2 amide bonds. The van der Waals surface area contributed by atoms with Gasteiger partial charge in [-0.15, -0.1) is 0 Å². The molecule has 0 aliphatic carbocycles. The first-order valence-corrected chi connectivity index (χ1v) is 13.2. The number of para-hydroxylation sites is 2. The molecule has 1 unspecified atom stereocenters. The molecular weight excluding hydrogens is 484 g/mol. The molecule has 6 rings (SSSR count). The number of fused-ring (bicyclic) bond motifs is 2. The van der Waals surface area contributed by atoms with Gasteiger partial charge in [-0.2, -0.15) is 0 Å². The highest BCUT2D eigenvalue weighted by Gasteiger charge is 2.39. The van der Waals surface area contributed by atoms with Crippen molar-refractivity contribution in [2.24, 2.45) is 0 Å². The van der Waals surface area contributed by atoms with Gasteiger partial charge in [0.15, 0.2) is 5.16 Å². The second kappa shape index (κ2) is 9.78. The van der Waals surface area contributed by atoms with Gasteiger partial charge in [-0.05, 0) is 48.2 Å². The molecule has 0 saturated carbocycles. The normalized spacial score (nSPS) is 17.2. The van der Waals surface area contributed by atoms with Crippen molar-refractivity contribution in [3.05, 3.63) is 101 Å². The number of benzene rings is 3. The molecule has 4 aromatic rings. The van der Waals surface area contributed by atoms with Crippen LogP contribution >= 0.6 is 11.8 Å². The van der Waals surface area contributed by atoms with E-state index in [-0.39, 0.29) is 11.8 Å². The molecule has 1 atom stereocenters. The standard InChI is InChI=1S/C29H26N4O3S/c1-18-9-14-25(27(34)30-18)33-15-22-21(28(33)35)5-4-8-26(22)36-16-19-10-12-20(13-11-19)17-37-29-31-23-6-2-3-7-24(23)32-29/h2-8,10-13,25H,1,9,14-17H2,(H,30,34)(H,31,32). The third-order valence-electron chi connectivity index (χ3n) is 6.81. The Morgan fingerprint density at radius 2 is 1.84 bits per heavy atom. The van der Waals surface area contributed by atoms with E-state index in [9.17, 15) is 9.59 Å². The van der Waals surface area contributed by atoms with Crippen molar-refractivity contribution in [2.45, 2.75) is 42.9 Å². The molecule has 1 fully saturated rings. The van der Waals surface area contributed by atoms with Crippen molar-refractivity contribution in [1.29, 1.82) is 0 Å². The third-order valence-corrected chi connectivity index (χ3v) is 7.76. The van der Waals surface area contributed by atoms with Crippen LogP contribution in [0.2, 0.25) is 0 Å². The van der Waals surface area contributed by atoms with E-state index in [1.54, 1.807) is 22.7 Å². The molecule has 0 bridgehead atoms. The zero-order valence-corrected chi connectivity index (χ0v) is 21.0. The lowest BCUT2D eigenvalue weighted by molar-refractivity contribution is -0.126. The third kappa shape index (κ3) is 4.72. The lowest BCUT2D eigenvalue weighted by Crippen LogP contribution is -2.49. The number of thioether (sulfide) groups is 1. The molecule has 186 valence electrons. The van der Waals surface area contributed by atoms with Gasteiger partial charge < -0.3 is 19.9 Å². The van der Waals surface area contributed by atoms with Crippen LogP contribution in [0.5, 0.6) is 5.75 Å². The fraction of sp³-hybridized carbons (Fsp3) is 0.207. The first-order chi connectivity index (χ1) is 18.0. The van der Waals surface area contributed by atoms with Crippen molar-refractivity contribution < 1.29 is 14.3 Å². The number of piperidine rings is 1. The molecule has 2 N–H and O–H groups in total. The zero-order chi connectivity index (χ0) is 25.4. The highest BCUT2D eigenvalue weighted by Crippen LogP contribution is 2.34. The number of nitrogens with one attached hydrogen (secondary N) is 2. The molecule has 0 radical (unpaired) electrons. The van der Waals surface area contributed by atoms with E-state index in [1.165, 1.54) is 5.56 Å². The maximum atomic E-state index is 13.1. The quantitative estimate of drug-likeness (QED) is 0.335. The molecule has 37 heavy (non-hydrogen) atoms. The molecule has 2 aliphatic heterocycles. The Labute approximate surface area is 218 Å². The van der Waals surface area contributed by atoms with E-state index >= 15 is 0 Å². The first kappa shape index (κ1) is 23.4. The van der Waals surface area contributed by atoms with Crippen LogP contribution in [0.25, 0.3) is 11.0 Å². The number of amides is 2. The summed E-state index contributed by atoms with van der Waals surface area (Å²) in [6.45, 7) is 4.59. The number of carbonyl (C=O) groups excluding carboxylic acids is 2. The smallest absolute Gasteiger partial charge is 0.255 e. The van der Waals surface area contributed by atoms with E-state index in [4.69, 9.17) is 4.74 Å². The second-order valence-corrected chi connectivity index (χ2v) is 10.3. The first-order valence-electron chi connectivity index (χ1n) is 12.2. The maximum absolute atomic E-state index is 13.1. The molecule has 1 saturated heterocycles. The van der Waals surface area contributed by atoms with Crippen LogP contribution in [-0.2, 0) is 23.7 Å². The Hall–Kier alpha value is -4.04. The van der Waals surface area contributed by atoms with Crippen LogP contribution in [0.3, 0.4) is 0 Å². The Morgan fingerprint density at radius 3 is 2.65 bits per heavy atom. The van der Waals surface area contributed by atoms with Crippen molar-refractivity contribution in [2.75, 3.05) is 0 Å². The van der Waals surface area contributed by atoms with Gasteiger partial charge in [0.25, 0.3) is 5.91 Å². The summed E-state index contributed by atoms with van der Waals surface area (Å²) in [4.78, 5) is 35.1. The molecule has 3 heterocycles. The van der Waals surface area contributed by atoms with Crippen LogP contribution in [0.15, 0.2) is 84.2 Å². The van der Waals surface area contributed by atoms with Crippen molar-refractivity contribution in [3.63, 3.8) is 0 Å². The predicted octanol–water partition coefficient (Wildman–Crippen LogP) is 5.18. The highest BCUT2D eigenvalue weighted by atomic mass is 32.2. The van der Waals surface area contributed by atoms with Crippen LogP contribution < -0.4 is 10.1 Å². The minimum Gasteiger partial charge on any atom is -0.489 e. The van der Waals surface area contributed by atoms with Gasteiger partial charge in [0.2, 0.25) is 5.91 Å². The molecular formula is C29H26N4O3S. The average molecular weight is 511 g/mol. The van der Waals surface area contributed by atoms with E-state index in [0.29, 0.717) is 43.0 Å². The number of ether oxygens (including phenoxy) is 1. The van der Waals surface area contributed by atoms with Crippen LogP contribution in [-0.4, -0.2) is 32.7 Å². The van der Waals surface area contributed by atoms with Crippen LogP contribution in [0, 0.1) is 0 Å². The fourth-order valence-electron chi connectivity index (χ4n) is 4.81. The lowest BCUT2D eigenvalue weighted by atomic mass is 10.0. The van der Waals surface area contributed by atoms with Crippen LogP contribution in [0.4, 0.5) is 0 Å². The number of aromatic nitrogens is 2. The van der Waals surface area contributed by atoms with Gasteiger partial charge in [-0.3, -0.25) is 9.59 Å². The largest absolute Gasteiger partial charge is 0.489 e. The van der Waals surface area contributed by atoms with E-state index in [0.717, 1.165) is 33.1 Å². The van der Waals surface area contributed by atoms with Crippen LogP contribution in [0.1, 0.15) is 39.9 Å². The summed E-state index contributed by atoms with van der Waals surface area (Å²) >= 11 is 1.67. The minimum absolute atomic E-state index is 0.126. The number of allylic oxidation sites excluding steroid dienone is 1. The summed E-state index contributed by atoms with van der Waals surface area (Å²) in [6.07, 6.45) is 1.26. The Balaban J connectivity index is 1.08. The van der Waals surface area contributed by atoms with E-state index in [1.807, 2.05) is 36.4 Å². The molecule has 1 aromatic heterocycles. The molecule has 8 heteroatoms. The number of rotatable bonds is 7. The Bertz CT molecular complexity index is 1480. The number of H-pyrrole nitrogens is 1. The SMILES string of the molecule is C=C1CCC(N2Cc3c(OCc4ccc(CSc5nc6ccccc6[nH]5)cc4)cccc3C2=O)C(=O)N1. The number of hydrogen-bond acceptors (Lipinski definition) is 5. The van der Waals surface area contributed by atoms with Crippen molar-refractivity contribution in [3.8, 4) is 5.75 Å². The zero-order valence-electron chi connectivity index (χ0n) is 20.2. The Morgan fingerprint density at radius 1 is 1.03 bits per heavy atom. The van der Waals surface area contributed by atoms with Gasteiger partial charge in [0.1, 0.15) is 18.4 Å². The minimum atomic E-state index is -0.483. The van der Waals surface area contributed by atoms with E-state index < -0.39 is 6.04 Å². The predicted molar refractivity (Wildman–Crippen MR) is 143 cm³/mol.